The standard InChI is InChI=1S/C26H17ClN6S/c27-22-14-15-33-24(22)26(28-16-29-33)34-19-12-10-18(11-13-19)30-25-21-9-5-4-8-20(21)23(31-32-25)17-6-2-1-3-7-17/h1-16H,(H,30,32). The zero-order valence-corrected chi connectivity index (χ0v) is 19.3. The predicted octanol–water partition coefficient (Wildman–Crippen LogP) is 6.89. The topological polar surface area (TPSA) is 68.0 Å². The first kappa shape index (κ1) is 20.7. The van der Waals surface area contributed by atoms with Crippen molar-refractivity contribution in [2.75, 3.05) is 5.32 Å². The summed E-state index contributed by atoms with van der Waals surface area (Å²) in [5, 5.41) is 20.2. The van der Waals surface area contributed by atoms with Gasteiger partial charge < -0.3 is 5.32 Å². The molecule has 3 aromatic carbocycles. The lowest BCUT2D eigenvalue weighted by molar-refractivity contribution is 0.865. The van der Waals surface area contributed by atoms with Crippen molar-refractivity contribution in [1.29, 1.82) is 0 Å². The molecule has 0 amide bonds. The fourth-order valence-electron chi connectivity index (χ4n) is 3.83. The Morgan fingerprint density at radius 3 is 2.38 bits per heavy atom. The van der Waals surface area contributed by atoms with E-state index in [1.165, 1.54) is 6.33 Å². The Hall–Kier alpha value is -3.94. The van der Waals surface area contributed by atoms with E-state index in [2.05, 4.69) is 37.7 Å². The Labute approximate surface area is 204 Å². The van der Waals surface area contributed by atoms with E-state index in [9.17, 15) is 0 Å². The molecule has 0 aliphatic heterocycles. The molecular formula is C26H17ClN6S. The Kier molecular flexibility index (Phi) is 5.33. The van der Waals surface area contributed by atoms with Gasteiger partial charge in [-0.25, -0.2) is 9.50 Å². The first-order valence-corrected chi connectivity index (χ1v) is 11.8. The molecule has 8 heteroatoms. The Morgan fingerprint density at radius 1 is 0.794 bits per heavy atom. The fraction of sp³-hybridized carbons (Fsp3) is 0. The summed E-state index contributed by atoms with van der Waals surface area (Å²) >= 11 is 7.86. The van der Waals surface area contributed by atoms with Gasteiger partial charge >= 0.3 is 0 Å². The van der Waals surface area contributed by atoms with Crippen LogP contribution in [-0.4, -0.2) is 24.8 Å². The van der Waals surface area contributed by atoms with E-state index < -0.39 is 0 Å². The van der Waals surface area contributed by atoms with Crippen molar-refractivity contribution < 1.29 is 0 Å². The molecule has 1 N–H and O–H groups in total. The highest BCUT2D eigenvalue weighted by Crippen LogP contribution is 2.34. The number of benzene rings is 3. The average molecular weight is 481 g/mol. The van der Waals surface area contributed by atoms with E-state index in [1.807, 2.05) is 79.0 Å². The van der Waals surface area contributed by atoms with Crippen molar-refractivity contribution in [2.24, 2.45) is 0 Å². The summed E-state index contributed by atoms with van der Waals surface area (Å²) in [5.41, 5.74) is 3.64. The lowest BCUT2D eigenvalue weighted by atomic mass is 10.0. The van der Waals surface area contributed by atoms with Crippen LogP contribution in [0.5, 0.6) is 0 Å². The molecule has 0 aliphatic rings. The fourth-order valence-corrected chi connectivity index (χ4v) is 5.01. The summed E-state index contributed by atoms with van der Waals surface area (Å²) < 4.78 is 1.73. The SMILES string of the molecule is Clc1ccn2ncnc(Sc3ccc(Nc4nnc(-c5ccccc5)c5ccccc45)cc3)c12. The molecule has 3 aromatic heterocycles. The third kappa shape index (κ3) is 3.85. The number of nitrogens with one attached hydrogen (secondary N) is 1. The minimum absolute atomic E-state index is 0.630. The lowest BCUT2D eigenvalue weighted by Crippen LogP contribution is -1.99. The van der Waals surface area contributed by atoms with Crippen molar-refractivity contribution in [3.63, 3.8) is 0 Å². The molecule has 0 atom stereocenters. The number of rotatable bonds is 5. The van der Waals surface area contributed by atoms with Crippen molar-refractivity contribution in [3.8, 4) is 11.3 Å². The highest BCUT2D eigenvalue weighted by Gasteiger charge is 2.12. The largest absolute Gasteiger partial charge is 0.338 e. The second kappa shape index (κ2) is 8.78. The molecule has 0 fully saturated rings. The number of fused-ring (bicyclic) bond motifs is 2. The van der Waals surface area contributed by atoms with E-state index in [1.54, 1.807) is 16.3 Å². The van der Waals surface area contributed by atoms with Gasteiger partial charge in [0.1, 0.15) is 22.6 Å². The molecule has 0 aliphatic carbocycles. The van der Waals surface area contributed by atoms with Crippen LogP contribution in [0.15, 0.2) is 107 Å². The first-order valence-electron chi connectivity index (χ1n) is 10.6. The molecule has 6 nitrogen and oxygen atoms in total. The van der Waals surface area contributed by atoms with Gasteiger partial charge in [-0.05, 0) is 30.3 Å². The molecule has 6 aromatic rings. The summed E-state index contributed by atoms with van der Waals surface area (Å²) in [6.45, 7) is 0. The molecule has 164 valence electrons. The van der Waals surface area contributed by atoms with E-state index in [-0.39, 0.29) is 0 Å². The highest BCUT2D eigenvalue weighted by atomic mass is 35.5. The molecule has 0 spiro atoms. The number of aromatic nitrogens is 5. The average Bonchev–Trinajstić information content (AvgIpc) is 3.27. The Morgan fingerprint density at radius 2 is 1.56 bits per heavy atom. The molecular weight excluding hydrogens is 464 g/mol. The van der Waals surface area contributed by atoms with Gasteiger partial charge in [-0.15, -0.1) is 10.2 Å². The molecule has 0 saturated heterocycles. The van der Waals surface area contributed by atoms with Crippen LogP contribution in [0.3, 0.4) is 0 Å². The van der Waals surface area contributed by atoms with Gasteiger partial charge in [0.05, 0.1) is 5.02 Å². The summed E-state index contributed by atoms with van der Waals surface area (Å²) in [6, 6.07) is 28.2. The third-order valence-electron chi connectivity index (χ3n) is 5.44. The van der Waals surface area contributed by atoms with Crippen molar-refractivity contribution in [3.05, 3.63) is 102 Å². The third-order valence-corrected chi connectivity index (χ3v) is 6.74. The predicted molar refractivity (Wildman–Crippen MR) is 137 cm³/mol. The van der Waals surface area contributed by atoms with Gasteiger partial charge in [0.15, 0.2) is 5.82 Å². The number of nitrogens with zero attached hydrogens (tertiary/aromatic N) is 5. The quantitative estimate of drug-likeness (QED) is 0.290. The van der Waals surface area contributed by atoms with E-state index in [4.69, 9.17) is 11.6 Å². The Balaban J connectivity index is 1.28. The van der Waals surface area contributed by atoms with Crippen LogP contribution >= 0.6 is 23.4 Å². The summed E-state index contributed by atoms with van der Waals surface area (Å²) in [5.74, 6) is 0.716. The zero-order chi connectivity index (χ0) is 22.9. The molecule has 0 unspecified atom stereocenters. The van der Waals surface area contributed by atoms with E-state index >= 15 is 0 Å². The second-order valence-corrected chi connectivity index (χ2v) is 9.05. The van der Waals surface area contributed by atoms with E-state index in [0.717, 1.165) is 43.2 Å². The summed E-state index contributed by atoms with van der Waals surface area (Å²) in [6.07, 6.45) is 3.36. The normalized spacial score (nSPS) is 11.2. The van der Waals surface area contributed by atoms with Gasteiger partial charge in [0.2, 0.25) is 0 Å². The number of hydrogen-bond acceptors (Lipinski definition) is 6. The smallest absolute Gasteiger partial charge is 0.161 e. The van der Waals surface area contributed by atoms with Gasteiger partial charge in [-0.3, -0.25) is 0 Å². The van der Waals surface area contributed by atoms with Crippen molar-refractivity contribution >= 4 is 51.2 Å². The van der Waals surface area contributed by atoms with Crippen LogP contribution in [0.4, 0.5) is 11.5 Å². The van der Waals surface area contributed by atoms with Crippen molar-refractivity contribution in [2.45, 2.75) is 9.92 Å². The highest BCUT2D eigenvalue weighted by molar-refractivity contribution is 7.99. The van der Waals surface area contributed by atoms with Crippen LogP contribution in [-0.2, 0) is 0 Å². The van der Waals surface area contributed by atoms with Crippen LogP contribution in [0, 0.1) is 0 Å². The summed E-state index contributed by atoms with van der Waals surface area (Å²) in [4.78, 5) is 5.45. The molecule has 0 bridgehead atoms. The summed E-state index contributed by atoms with van der Waals surface area (Å²) in [7, 11) is 0. The molecule has 3 heterocycles. The minimum Gasteiger partial charge on any atom is -0.338 e. The van der Waals surface area contributed by atoms with Gasteiger partial charge in [0.25, 0.3) is 0 Å². The van der Waals surface area contributed by atoms with Crippen molar-refractivity contribution in [1.82, 2.24) is 24.8 Å². The van der Waals surface area contributed by atoms with Gasteiger partial charge in [-0.2, -0.15) is 5.10 Å². The number of anilines is 2. The molecule has 0 radical (unpaired) electrons. The molecule has 6 rings (SSSR count). The first-order chi connectivity index (χ1) is 16.8. The number of halogens is 1. The van der Waals surface area contributed by atoms with E-state index in [0.29, 0.717) is 10.8 Å². The molecule has 0 saturated carbocycles. The van der Waals surface area contributed by atoms with Gasteiger partial charge in [0, 0.05) is 33.1 Å². The maximum Gasteiger partial charge on any atom is 0.161 e. The van der Waals surface area contributed by atoms with Gasteiger partial charge in [-0.1, -0.05) is 78.0 Å². The zero-order valence-electron chi connectivity index (χ0n) is 17.8. The second-order valence-electron chi connectivity index (χ2n) is 7.58. The van der Waals surface area contributed by atoms with Crippen LogP contribution < -0.4 is 5.32 Å². The molecule has 34 heavy (non-hydrogen) atoms. The number of hydrogen-bond donors (Lipinski definition) is 1. The Bertz CT molecular complexity index is 1620. The monoisotopic (exact) mass is 480 g/mol. The lowest BCUT2D eigenvalue weighted by Gasteiger charge is -2.11. The maximum atomic E-state index is 6.32. The van der Waals surface area contributed by atoms with Crippen LogP contribution in [0.2, 0.25) is 5.02 Å². The minimum atomic E-state index is 0.630. The van der Waals surface area contributed by atoms with Crippen LogP contribution in [0.1, 0.15) is 0 Å². The van der Waals surface area contributed by atoms with Crippen LogP contribution in [0.25, 0.3) is 27.5 Å². The maximum absolute atomic E-state index is 6.32.